The minimum atomic E-state index is -3.54. The summed E-state index contributed by atoms with van der Waals surface area (Å²) in [5.74, 6) is 0.622. The first-order valence-electron chi connectivity index (χ1n) is 8.48. The molecule has 0 fully saturated rings. The Kier molecular flexibility index (Phi) is 7.55. The van der Waals surface area contributed by atoms with E-state index in [0.29, 0.717) is 19.0 Å². The van der Waals surface area contributed by atoms with E-state index in [1.54, 1.807) is 13.1 Å². The molecule has 2 aromatic rings. The number of aryl methyl sites for hydroxylation is 1. The van der Waals surface area contributed by atoms with Gasteiger partial charge in [0.2, 0.25) is 10.0 Å². The molecule has 7 nitrogen and oxygen atoms in total. The second-order valence-electron chi connectivity index (χ2n) is 5.56. The number of hydrogen-bond acceptors (Lipinski definition) is 4. The Morgan fingerprint density at radius 1 is 1.08 bits per heavy atom. The first-order valence-corrected chi connectivity index (χ1v) is 9.96. The fraction of sp³-hybridized carbons (Fsp3) is 0.333. The highest BCUT2D eigenvalue weighted by Crippen LogP contribution is 2.08. The highest BCUT2D eigenvalue weighted by Gasteiger charge is 2.12. The van der Waals surface area contributed by atoms with Crippen LogP contribution in [0.4, 0.5) is 0 Å². The van der Waals surface area contributed by atoms with Crippen molar-refractivity contribution in [2.45, 2.75) is 24.8 Å². The Labute approximate surface area is 155 Å². The van der Waals surface area contributed by atoms with Crippen molar-refractivity contribution in [3.05, 3.63) is 59.9 Å². The van der Waals surface area contributed by atoms with Crippen molar-refractivity contribution >= 4 is 16.0 Å². The number of pyridine rings is 1. The molecule has 3 N–H and O–H groups in total. The summed E-state index contributed by atoms with van der Waals surface area (Å²) in [6.07, 6.45) is 3.83. The van der Waals surface area contributed by atoms with Crippen LogP contribution < -0.4 is 15.4 Å². The zero-order valence-corrected chi connectivity index (χ0v) is 15.9. The predicted octanol–water partition coefficient (Wildman–Crippen LogP) is 1.29. The van der Waals surface area contributed by atoms with Gasteiger partial charge >= 0.3 is 0 Å². The zero-order valence-electron chi connectivity index (χ0n) is 15.1. The topological polar surface area (TPSA) is 95.5 Å². The smallest absolute Gasteiger partial charge is 0.242 e. The van der Waals surface area contributed by atoms with Gasteiger partial charge in [0.25, 0.3) is 0 Å². The van der Waals surface area contributed by atoms with E-state index >= 15 is 0 Å². The molecule has 0 saturated carbocycles. The summed E-state index contributed by atoms with van der Waals surface area (Å²) in [6.45, 7) is 3.43. The molecule has 0 aliphatic rings. The lowest BCUT2D eigenvalue weighted by atomic mass is 10.1. The third-order valence-electron chi connectivity index (χ3n) is 3.82. The molecule has 0 aliphatic heterocycles. The number of hydrogen-bond donors (Lipinski definition) is 3. The van der Waals surface area contributed by atoms with Crippen LogP contribution >= 0.6 is 0 Å². The predicted molar refractivity (Wildman–Crippen MR) is 103 cm³/mol. The zero-order chi connectivity index (χ0) is 18.8. The molecule has 0 saturated heterocycles. The Balaban J connectivity index is 1.79. The van der Waals surface area contributed by atoms with Gasteiger partial charge in [0.05, 0.1) is 0 Å². The number of nitrogens with zero attached hydrogens (tertiary/aromatic N) is 2. The average molecular weight is 375 g/mol. The quantitative estimate of drug-likeness (QED) is 0.367. The van der Waals surface area contributed by atoms with Crippen LogP contribution in [0, 0.1) is 0 Å². The molecule has 1 aromatic heterocycles. The molecule has 0 bridgehead atoms. The molecule has 140 valence electrons. The fourth-order valence-electron chi connectivity index (χ4n) is 2.43. The van der Waals surface area contributed by atoms with Crippen molar-refractivity contribution < 1.29 is 8.42 Å². The number of rotatable bonds is 8. The maximum absolute atomic E-state index is 12.1. The van der Waals surface area contributed by atoms with Gasteiger partial charge in [0, 0.05) is 39.1 Å². The molecule has 0 unspecified atom stereocenters. The monoisotopic (exact) mass is 375 g/mol. The SMILES string of the molecule is CCc1ccccc1CNC(=NC)NCCNS(=O)(=O)c1cccnc1. The van der Waals surface area contributed by atoms with E-state index in [-0.39, 0.29) is 11.4 Å². The van der Waals surface area contributed by atoms with Crippen molar-refractivity contribution in [1.29, 1.82) is 0 Å². The molecule has 0 aliphatic carbocycles. The third kappa shape index (κ3) is 5.82. The van der Waals surface area contributed by atoms with Crippen LogP contribution in [0.1, 0.15) is 18.1 Å². The van der Waals surface area contributed by atoms with Gasteiger partial charge in [-0.15, -0.1) is 0 Å². The van der Waals surface area contributed by atoms with Crippen molar-refractivity contribution in [2.75, 3.05) is 20.1 Å². The summed E-state index contributed by atoms with van der Waals surface area (Å²) in [6, 6.07) is 11.3. The van der Waals surface area contributed by atoms with Crippen molar-refractivity contribution in [3.63, 3.8) is 0 Å². The Morgan fingerprint density at radius 3 is 2.50 bits per heavy atom. The van der Waals surface area contributed by atoms with E-state index in [0.717, 1.165) is 6.42 Å². The third-order valence-corrected chi connectivity index (χ3v) is 5.27. The van der Waals surface area contributed by atoms with Crippen LogP contribution in [-0.4, -0.2) is 39.5 Å². The van der Waals surface area contributed by atoms with E-state index in [2.05, 4.69) is 44.4 Å². The van der Waals surface area contributed by atoms with E-state index in [1.807, 2.05) is 12.1 Å². The van der Waals surface area contributed by atoms with Crippen LogP contribution in [0.25, 0.3) is 0 Å². The average Bonchev–Trinajstić information content (AvgIpc) is 2.68. The summed E-state index contributed by atoms with van der Waals surface area (Å²) in [5, 5.41) is 6.34. The summed E-state index contributed by atoms with van der Waals surface area (Å²) in [4.78, 5) is 8.13. The first kappa shape index (κ1) is 19.9. The van der Waals surface area contributed by atoms with Crippen molar-refractivity contribution in [3.8, 4) is 0 Å². The largest absolute Gasteiger partial charge is 0.355 e. The molecular weight excluding hydrogens is 350 g/mol. The molecule has 2 rings (SSSR count). The molecule has 0 atom stereocenters. The van der Waals surface area contributed by atoms with E-state index in [9.17, 15) is 8.42 Å². The number of guanidine groups is 1. The van der Waals surface area contributed by atoms with Gasteiger partial charge in [0.15, 0.2) is 5.96 Å². The highest BCUT2D eigenvalue weighted by atomic mass is 32.2. The fourth-order valence-corrected chi connectivity index (χ4v) is 3.42. The van der Waals surface area contributed by atoms with Gasteiger partial charge in [-0.2, -0.15) is 0 Å². The van der Waals surface area contributed by atoms with Crippen molar-refractivity contribution in [2.24, 2.45) is 4.99 Å². The van der Waals surface area contributed by atoms with E-state index < -0.39 is 10.0 Å². The van der Waals surface area contributed by atoms with Crippen LogP contribution in [0.2, 0.25) is 0 Å². The second kappa shape index (κ2) is 9.88. The van der Waals surface area contributed by atoms with Gasteiger partial charge in [0.1, 0.15) is 4.90 Å². The number of sulfonamides is 1. The number of aliphatic imine (C=N–C) groups is 1. The van der Waals surface area contributed by atoms with Gasteiger partial charge < -0.3 is 10.6 Å². The van der Waals surface area contributed by atoms with Gasteiger partial charge in [-0.25, -0.2) is 13.1 Å². The summed E-state index contributed by atoms with van der Waals surface area (Å²) < 4.78 is 26.7. The molecule has 8 heteroatoms. The minimum Gasteiger partial charge on any atom is -0.355 e. The van der Waals surface area contributed by atoms with Crippen LogP contribution in [-0.2, 0) is 23.0 Å². The molecule has 0 radical (unpaired) electrons. The lowest BCUT2D eigenvalue weighted by molar-refractivity contribution is 0.580. The Hall–Kier alpha value is -2.45. The Bertz CT molecular complexity index is 822. The standard InChI is InChI=1S/C18H25N5O2S/c1-3-15-7-4-5-8-16(15)13-22-18(19-2)21-11-12-23-26(24,25)17-9-6-10-20-14-17/h4-10,14,23H,3,11-13H2,1-2H3,(H2,19,21,22). The molecule has 26 heavy (non-hydrogen) atoms. The summed E-state index contributed by atoms with van der Waals surface area (Å²) in [5.41, 5.74) is 2.51. The molecule has 1 heterocycles. The maximum atomic E-state index is 12.1. The lowest BCUT2D eigenvalue weighted by Gasteiger charge is -2.14. The van der Waals surface area contributed by atoms with E-state index in [4.69, 9.17) is 0 Å². The Morgan fingerprint density at radius 2 is 1.85 bits per heavy atom. The summed E-state index contributed by atoms with van der Waals surface area (Å²) in [7, 11) is -1.86. The first-order chi connectivity index (χ1) is 12.6. The van der Waals surface area contributed by atoms with Crippen LogP contribution in [0.15, 0.2) is 58.7 Å². The summed E-state index contributed by atoms with van der Waals surface area (Å²) >= 11 is 0. The van der Waals surface area contributed by atoms with Crippen molar-refractivity contribution in [1.82, 2.24) is 20.3 Å². The van der Waals surface area contributed by atoms with Crippen LogP contribution in [0.3, 0.4) is 0 Å². The lowest BCUT2D eigenvalue weighted by Crippen LogP contribution is -2.41. The van der Waals surface area contributed by atoms with E-state index in [1.165, 1.54) is 29.6 Å². The number of aromatic nitrogens is 1. The molecular formula is C18H25N5O2S. The number of nitrogens with one attached hydrogen (secondary N) is 3. The number of benzene rings is 1. The second-order valence-corrected chi connectivity index (χ2v) is 7.33. The molecule has 0 amide bonds. The molecule has 1 aromatic carbocycles. The van der Waals surface area contributed by atoms with Gasteiger partial charge in [-0.1, -0.05) is 31.2 Å². The maximum Gasteiger partial charge on any atom is 0.242 e. The highest BCUT2D eigenvalue weighted by molar-refractivity contribution is 7.89. The normalized spacial score (nSPS) is 12.0. The van der Waals surface area contributed by atoms with Gasteiger partial charge in [-0.05, 0) is 29.7 Å². The minimum absolute atomic E-state index is 0.152. The van der Waals surface area contributed by atoms with Gasteiger partial charge in [-0.3, -0.25) is 9.98 Å². The molecule has 0 spiro atoms. The van der Waals surface area contributed by atoms with Crippen LogP contribution in [0.5, 0.6) is 0 Å².